The second-order valence-electron chi connectivity index (χ2n) is 5.33. The highest BCUT2D eigenvalue weighted by atomic mass is 32.1. The highest BCUT2D eigenvalue weighted by Gasteiger charge is 2.28. The number of thiol groups is 1. The first-order valence-electron chi connectivity index (χ1n) is 5.89. The molecule has 1 aliphatic rings. The van der Waals surface area contributed by atoms with Crippen LogP contribution in [0.15, 0.2) is 0 Å². The van der Waals surface area contributed by atoms with Gasteiger partial charge in [-0.05, 0) is 36.9 Å². The van der Waals surface area contributed by atoms with Crippen molar-refractivity contribution in [2.45, 2.75) is 40.2 Å². The smallest absolute Gasteiger partial charge is 0.00701 e. The average molecular weight is 215 g/mol. The summed E-state index contributed by atoms with van der Waals surface area (Å²) in [5.41, 5.74) is 0. The van der Waals surface area contributed by atoms with Crippen molar-refractivity contribution in [3.05, 3.63) is 0 Å². The fourth-order valence-corrected chi connectivity index (χ4v) is 2.96. The number of hydrogen-bond donors (Lipinski definition) is 1. The van der Waals surface area contributed by atoms with E-state index in [0.29, 0.717) is 0 Å². The third kappa shape index (κ3) is 3.16. The first-order chi connectivity index (χ1) is 6.54. The largest absolute Gasteiger partial charge is 0.300 e. The van der Waals surface area contributed by atoms with Crippen LogP contribution in [0.4, 0.5) is 0 Å². The Labute approximate surface area is 94.7 Å². The molecule has 0 amide bonds. The zero-order chi connectivity index (χ0) is 10.7. The van der Waals surface area contributed by atoms with E-state index < -0.39 is 0 Å². The topological polar surface area (TPSA) is 3.24 Å². The molecule has 14 heavy (non-hydrogen) atoms. The van der Waals surface area contributed by atoms with Gasteiger partial charge in [0, 0.05) is 19.1 Å². The van der Waals surface area contributed by atoms with E-state index in [1.165, 1.54) is 19.5 Å². The summed E-state index contributed by atoms with van der Waals surface area (Å²) in [5.74, 6) is 3.43. The fourth-order valence-electron chi connectivity index (χ4n) is 2.42. The maximum Gasteiger partial charge on any atom is 0.00701 e. The maximum atomic E-state index is 4.45. The Bertz CT molecular complexity index is 170. The molecule has 2 heteroatoms. The van der Waals surface area contributed by atoms with E-state index in [2.05, 4.69) is 45.2 Å². The summed E-state index contributed by atoms with van der Waals surface area (Å²) < 4.78 is 0. The van der Waals surface area contributed by atoms with Crippen molar-refractivity contribution in [2.75, 3.05) is 18.8 Å². The van der Waals surface area contributed by atoms with E-state index in [0.717, 1.165) is 29.5 Å². The molecule has 0 bridgehead atoms. The minimum atomic E-state index is 0.756. The lowest BCUT2D eigenvalue weighted by Gasteiger charge is -2.28. The Hall–Kier alpha value is 0.310. The normalized spacial score (nSPS) is 31.3. The molecular weight excluding hydrogens is 190 g/mol. The van der Waals surface area contributed by atoms with Crippen LogP contribution in [0.1, 0.15) is 34.1 Å². The molecule has 0 aliphatic carbocycles. The lowest BCUT2D eigenvalue weighted by molar-refractivity contribution is 0.206. The third-order valence-electron chi connectivity index (χ3n) is 3.56. The summed E-state index contributed by atoms with van der Waals surface area (Å²) in [5, 5.41) is 0. The Morgan fingerprint density at radius 2 is 2.00 bits per heavy atom. The van der Waals surface area contributed by atoms with Crippen LogP contribution < -0.4 is 0 Å². The van der Waals surface area contributed by atoms with Crippen LogP contribution in [0.25, 0.3) is 0 Å². The van der Waals surface area contributed by atoms with Crippen molar-refractivity contribution in [3.8, 4) is 0 Å². The molecule has 0 radical (unpaired) electrons. The standard InChI is InChI=1S/C12H25NS/c1-9(2)12(8-14)7-13-6-10(3)5-11(13)4/h9-12,14H,5-8H2,1-4H3. The second kappa shape index (κ2) is 5.41. The first kappa shape index (κ1) is 12.4. The lowest BCUT2D eigenvalue weighted by atomic mass is 9.97. The summed E-state index contributed by atoms with van der Waals surface area (Å²) in [6.45, 7) is 11.9. The molecule has 1 heterocycles. The van der Waals surface area contributed by atoms with Crippen molar-refractivity contribution in [1.29, 1.82) is 0 Å². The molecule has 0 N–H and O–H groups in total. The summed E-state index contributed by atoms with van der Waals surface area (Å²) in [6, 6.07) is 0.783. The molecule has 1 nitrogen and oxygen atoms in total. The minimum Gasteiger partial charge on any atom is -0.300 e. The highest BCUT2D eigenvalue weighted by molar-refractivity contribution is 7.80. The van der Waals surface area contributed by atoms with E-state index in [1.807, 2.05) is 0 Å². The van der Waals surface area contributed by atoms with E-state index >= 15 is 0 Å². The second-order valence-corrected chi connectivity index (χ2v) is 5.70. The van der Waals surface area contributed by atoms with Gasteiger partial charge in [0.15, 0.2) is 0 Å². The molecule has 84 valence electrons. The molecular formula is C12H25NS. The van der Waals surface area contributed by atoms with E-state index in [1.54, 1.807) is 0 Å². The van der Waals surface area contributed by atoms with Crippen LogP contribution in [0.3, 0.4) is 0 Å². The van der Waals surface area contributed by atoms with Gasteiger partial charge in [-0.1, -0.05) is 20.8 Å². The summed E-state index contributed by atoms with van der Waals surface area (Å²) in [6.07, 6.45) is 1.37. The molecule has 1 fully saturated rings. The third-order valence-corrected chi connectivity index (χ3v) is 4.03. The minimum absolute atomic E-state index is 0.756. The van der Waals surface area contributed by atoms with E-state index in [-0.39, 0.29) is 0 Å². The molecule has 0 aromatic carbocycles. The quantitative estimate of drug-likeness (QED) is 0.706. The number of nitrogens with zero attached hydrogens (tertiary/aromatic N) is 1. The van der Waals surface area contributed by atoms with Gasteiger partial charge in [0.25, 0.3) is 0 Å². The van der Waals surface area contributed by atoms with Crippen molar-refractivity contribution < 1.29 is 0 Å². The van der Waals surface area contributed by atoms with Gasteiger partial charge >= 0.3 is 0 Å². The molecule has 3 unspecified atom stereocenters. The molecule has 1 saturated heterocycles. The molecule has 0 aromatic heterocycles. The van der Waals surface area contributed by atoms with Gasteiger partial charge in [-0.15, -0.1) is 0 Å². The van der Waals surface area contributed by atoms with Crippen LogP contribution in [0.2, 0.25) is 0 Å². The maximum absolute atomic E-state index is 4.45. The van der Waals surface area contributed by atoms with Gasteiger partial charge in [0.2, 0.25) is 0 Å². The lowest BCUT2D eigenvalue weighted by Crippen LogP contribution is -2.35. The number of rotatable bonds is 4. The zero-order valence-electron chi connectivity index (χ0n) is 10.0. The van der Waals surface area contributed by atoms with Crippen molar-refractivity contribution in [2.24, 2.45) is 17.8 Å². The Morgan fingerprint density at radius 3 is 2.36 bits per heavy atom. The van der Waals surface area contributed by atoms with E-state index in [4.69, 9.17) is 0 Å². The van der Waals surface area contributed by atoms with Gasteiger partial charge in [0.1, 0.15) is 0 Å². The monoisotopic (exact) mass is 215 g/mol. The van der Waals surface area contributed by atoms with Crippen LogP contribution in [0.5, 0.6) is 0 Å². The summed E-state index contributed by atoms with van der Waals surface area (Å²) >= 11 is 4.45. The van der Waals surface area contributed by atoms with Crippen molar-refractivity contribution in [3.63, 3.8) is 0 Å². The predicted octanol–water partition coefficient (Wildman–Crippen LogP) is 2.92. The molecule has 0 aromatic rings. The van der Waals surface area contributed by atoms with Crippen molar-refractivity contribution >= 4 is 12.6 Å². The van der Waals surface area contributed by atoms with E-state index in [9.17, 15) is 0 Å². The number of likely N-dealkylation sites (tertiary alicyclic amines) is 1. The predicted molar refractivity (Wildman–Crippen MR) is 67.0 cm³/mol. The van der Waals surface area contributed by atoms with Gasteiger partial charge in [0.05, 0.1) is 0 Å². The molecule has 1 rings (SSSR count). The summed E-state index contributed by atoms with van der Waals surface area (Å²) in [4.78, 5) is 2.64. The molecule has 0 spiro atoms. The highest BCUT2D eigenvalue weighted by Crippen LogP contribution is 2.25. The average Bonchev–Trinajstić information content (AvgIpc) is 2.40. The van der Waals surface area contributed by atoms with Crippen LogP contribution >= 0.6 is 12.6 Å². The van der Waals surface area contributed by atoms with Crippen molar-refractivity contribution in [1.82, 2.24) is 4.90 Å². The molecule has 3 atom stereocenters. The Balaban J connectivity index is 2.42. The Kier molecular flexibility index (Phi) is 4.78. The molecule has 0 saturated carbocycles. The number of hydrogen-bond acceptors (Lipinski definition) is 2. The summed E-state index contributed by atoms with van der Waals surface area (Å²) in [7, 11) is 0. The molecule has 1 aliphatic heterocycles. The van der Waals surface area contributed by atoms with Gasteiger partial charge in [-0.3, -0.25) is 0 Å². The van der Waals surface area contributed by atoms with Gasteiger partial charge < -0.3 is 4.90 Å². The first-order valence-corrected chi connectivity index (χ1v) is 6.52. The Morgan fingerprint density at radius 1 is 1.36 bits per heavy atom. The van der Waals surface area contributed by atoms with Crippen LogP contribution in [-0.4, -0.2) is 29.8 Å². The van der Waals surface area contributed by atoms with Gasteiger partial charge in [-0.25, -0.2) is 0 Å². The SMILES string of the molecule is CC1CC(C)N(CC(CS)C(C)C)C1. The van der Waals surface area contributed by atoms with Gasteiger partial charge in [-0.2, -0.15) is 12.6 Å². The zero-order valence-corrected chi connectivity index (χ0v) is 10.9. The van der Waals surface area contributed by atoms with Crippen LogP contribution in [-0.2, 0) is 0 Å². The fraction of sp³-hybridized carbons (Fsp3) is 1.00. The van der Waals surface area contributed by atoms with Crippen LogP contribution in [0, 0.1) is 17.8 Å².